The molecule has 0 saturated carbocycles. The number of hydrogen-bond donors (Lipinski definition) is 1. The third kappa shape index (κ3) is 4.29. The van der Waals surface area contributed by atoms with Crippen molar-refractivity contribution in [2.45, 2.75) is 23.1 Å². The lowest BCUT2D eigenvalue weighted by molar-refractivity contribution is -0.131. The number of carbonyl (C=O) groups is 2. The zero-order valence-corrected chi connectivity index (χ0v) is 15.8. The van der Waals surface area contributed by atoms with Gasteiger partial charge in [-0.1, -0.05) is 41.4 Å². The number of nitrogens with zero attached hydrogens (tertiary/aromatic N) is 1. The number of nitrogens with one attached hydrogen (secondary N) is 1. The molecule has 0 radical (unpaired) electrons. The van der Waals surface area contributed by atoms with Crippen LogP contribution in [0.4, 0.5) is 5.69 Å². The molecule has 0 spiro atoms. The van der Waals surface area contributed by atoms with E-state index in [-0.39, 0.29) is 18.2 Å². The quantitative estimate of drug-likeness (QED) is 0.832. The number of para-hydroxylation sites is 1. The first-order chi connectivity index (χ1) is 11.9. The van der Waals surface area contributed by atoms with Gasteiger partial charge in [-0.15, -0.1) is 11.8 Å². The van der Waals surface area contributed by atoms with Crippen LogP contribution in [0, 0.1) is 0 Å². The van der Waals surface area contributed by atoms with Crippen LogP contribution < -0.4 is 5.32 Å². The number of amides is 2. The minimum absolute atomic E-state index is 0.113. The summed E-state index contributed by atoms with van der Waals surface area (Å²) >= 11 is 13.5. The molecule has 1 N–H and O–H groups in total. The minimum atomic E-state index is -0.439. The first-order valence-corrected chi connectivity index (χ1v) is 9.32. The number of hydrogen-bond acceptors (Lipinski definition) is 3. The van der Waals surface area contributed by atoms with Gasteiger partial charge < -0.3 is 10.2 Å². The van der Waals surface area contributed by atoms with Gasteiger partial charge in [-0.25, -0.2) is 0 Å². The largest absolute Gasteiger partial charge is 0.341 e. The predicted molar refractivity (Wildman–Crippen MR) is 102 cm³/mol. The molecule has 1 aliphatic heterocycles. The molecule has 7 heteroatoms. The van der Waals surface area contributed by atoms with Crippen molar-refractivity contribution in [3.05, 3.63) is 58.1 Å². The summed E-state index contributed by atoms with van der Waals surface area (Å²) in [7, 11) is 1.70. The van der Waals surface area contributed by atoms with E-state index in [1.54, 1.807) is 30.1 Å². The lowest BCUT2D eigenvalue weighted by Crippen LogP contribution is -2.35. The number of halogens is 2. The molecule has 0 aliphatic carbocycles. The van der Waals surface area contributed by atoms with Crippen molar-refractivity contribution < 1.29 is 9.59 Å². The number of fused-ring (bicyclic) bond motifs is 1. The Morgan fingerprint density at radius 2 is 2.00 bits per heavy atom. The van der Waals surface area contributed by atoms with Gasteiger partial charge in [0.15, 0.2) is 0 Å². The summed E-state index contributed by atoms with van der Waals surface area (Å²) in [5.74, 6) is -0.256. The van der Waals surface area contributed by atoms with Crippen LogP contribution in [0.25, 0.3) is 0 Å². The number of anilines is 1. The van der Waals surface area contributed by atoms with E-state index in [0.29, 0.717) is 16.6 Å². The van der Waals surface area contributed by atoms with E-state index in [4.69, 9.17) is 23.2 Å². The standard InChI is InChI=1S/C18H16Cl2N2O2S/c1-22(10-11-6-7-12(19)8-13(11)20)17(23)9-16-18(24)21-14-4-2-3-5-15(14)25-16/h2-8,16H,9-10H2,1H3,(H,21,24)/t16-/m0/s1. The zero-order valence-electron chi connectivity index (χ0n) is 13.5. The summed E-state index contributed by atoms with van der Waals surface area (Å²) in [5.41, 5.74) is 1.61. The van der Waals surface area contributed by atoms with Gasteiger partial charge in [-0.05, 0) is 29.8 Å². The number of thioether (sulfide) groups is 1. The molecule has 0 saturated heterocycles. The average Bonchev–Trinajstić information content (AvgIpc) is 2.58. The summed E-state index contributed by atoms with van der Waals surface area (Å²) in [5, 5.41) is 3.49. The molecule has 1 heterocycles. The number of benzene rings is 2. The molecular weight excluding hydrogens is 379 g/mol. The smallest absolute Gasteiger partial charge is 0.238 e. The van der Waals surface area contributed by atoms with Crippen LogP contribution in [0.15, 0.2) is 47.4 Å². The van der Waals surface area contributed by atoms with Crippen molar-refractivity contribution in [3.63, 3.8) is 0 Å². The third-order valence-corrected chi connectivity index (χ3v) is 5.78. The molecule has 130 valence electrons. The lowest BCUT2D eigenvalue weighted by Gasteiger charge is -2.25. The third-order valence-electron chi connectivity index (χ3n) is 3.91. The fraction of sp³-hybridized carbons (Fsp3) is 0.222. The maximum atomic E-state index is 12.5. The molecule has 0 fully saturated rings. The highest BCUT2D eigenvalue weighted by atomic mass is 35.5. The molecule has 2 amide bonds. The van der Waals surface area contributed by atoms with Crippen molar-refractivity contribution in [2.75, 3.05) is 12.4 Å². The Kier molecular flexibility index (Phi) is 5.57. The second-order valence-corrected chi connectivity index (χ2v) is 7.87. The summed E-state index contributed by atoms with van der Waals surface area (Å²) < 4.78 is 0. The highest BCUT2D eigenvalue weighted by Gasteiger charge is 2.29. The van der Waals surface area contributed by atoms with Gasteiger partial charge in [0.1, 0.15) is 0 Å². The highest BCUT2D eigenvalue weighted by molar-refractivity contribution is 8.01. The summed E-state index contributed by atoms with van der Waals surface area (Å²) in [6, 6.07) is 12.8. The van der Waals surface area contributed by atoms with Crippen molar-refractivity contribution in [3.8, 4) is 0 Å². The molecule has 4 nitrogen and oxygen atoms in total. The predicted octanol–water partition coefficient (Wildman–Crippen LogP) is 4.45. The molecule has 0 bridgehead atoms. The van der Waals surface area contributed by atoms with Crippen molar-refractivity contribution >= 4 is 52.5 Å². The van der Waals surface area contributed by atoms with E-state index in [9.17, 15) is 9.59 Å². The Labute approximate surface area is 160 Å². The van der Waals surface area contributed by atoms with Crippen molar-refractivity contribution in [1.29, 1.82) is 0 Å². The molecule has 2 aromatic rings. The van der Waals surface area contributed by atoms with Gasteiger partial charge in [0.05, 0.1) is 10.9 Å². The van der Waals surface area contributed by atoms with Gasteiger partial charge >= 0.3 is 0 Å². The Morgan fingerprint density at radius 1 is 1.24 bits per heavy atom. The van der Waals surface area contributed by atoms with Crippen LogP contribution in [-0.2, 0) is 16.1 Å². The lowest BCUT2D eigenvalue weighted by atomic mass is 10.2. The molecule has 1 atom stereocenters. The number of rotatable bonds is 4. The Bertz CT molecular complexity index is 828. The van der Waals surface area contributed by atoms with E-state index < -0.39 is 5.25 Å². The first kappa shape index (κ1) is 18.1. The van der Waals surface area contributed by atoms with Gasteiger partial charge in [0, 0.05) is 35.0 Å². The Balaban J connectivity index is 1.64. The van der Waals surface area contributed by atoms with E-state index in [1.165, 1.54) is 11.8 Å². The van der Waals surface area contributed by atoms with Crippen molar-refractivity contribution in [2.24, 2.45) is 0 Å². The Morgan fingerprint density at radius 3 is 2.76 bits per heavy atom. The maximum Gasteiger partial charge on any atom is 0.238 e. The zero-order chi connectivity index (χ0) is 18.0. The minimum Gasteiger partial charge on any atom is -0.341 e. The molecular formula is C18H16Cl2N2O2S. The normalized spacial score (nSPS) is 16.1. The van der Waals surface area contributed by atoms with E-state index in [1.807, 2.05) is 24.3 Å². The van der Waals surface area contributed by atoms with Crippen LogP contribution in [0.5, 0.6) is 0 Å². The monoisotopic (exact) mass is 394 g/mol. The van der Waals surface area contributed by atoms with E-state index in [2.05, 4.69) is 5.32 Å². The Hall–Kier alpha value is -1.69. The summed E-state index contributed by atoms with van der Waals surface area (Å²) in [4.78, 5) is 27.3. The van der Waals surface area contributed by atoms with E-state index >= 15 is 0 Å². The van der Waals surface area contributed by atoms with E-state index in [0.717, 1.165) is 16.1 Å². The molecule has 1 aliphatic rings. The number of carbonyl (C=O) groups excluding carboxylic acids is 2. The summed E-state index contributed by atoms with van der Waals surface area (Å²) in [6.45, 7) is 0.366. The molecule has 2 aromatic carbocycles. The second-order valence-electron chi connectivity index (χ2n) is 5.78. The maximum absolute atomic E-state index is 12.5. The first-order valence-electron chi connectivity index (χ1n) is 7.68. The topological polar surface area (TPSA) is 49.4 Å². The molecule has 3 rings (SSSR count). The van der Waals surface area contributed by atoms with Gasteiger partial charge in [0.2, 0.25) is 11.8 Å². The fourth-order valence-electron chi connectivity index (χ4n) is 2.54. The van der Waals surface area contributed by atoms with Crippen LogP contribution in [0.2, 0.25) is 10.0 Å². The second kappa shape index (κ2) is 7.68. The molecule has 25 heavy (non-hydrogen) atoms. The molecule has 0 unspecified atom stereocenters. The van der Waals surface area contributed by atoms with Crippen molar-refractivity contribution in [1.82, 2.24) is 4.90 Å². The highest BCUT2D eigenvalue weighted by Crippen LogP contribution is 2.36. The molecule has 0 aromatic heterocycles. The van der Waals surface area contributed by atoms with Crippen LogP contribution in [0.1, 0.15) is 12.0 Å². The summed E-state index contributed by atoms with van der Waals surface area (Å²) in [6.07, 6.45) is 0.131. The van der Waals surface area contributed by atoms with Gasteiger partial charge in [-0.3, -0.25) is 9.59 Å². The SMILES string of the molecule is CN(Cc1ccc(Cl)cc1Cl)C(=O)C[C@@H]1Sc2ccccc2NC1=O. The van der Waals surface area contributed by atoms with Crippen LogP contribution >= 0.6 is 35.0 Å². The fourth-order valence-corrected chi connectivity index (χ4v) is 4.10. The van der Waals surface area contributed by atoms with Gasteiger partial charge in [0.25, 0.3) is 0 Å². The van der Waals surface area contributed by atoms with Crippen LogP contribution in [-0.4, -0.2) is 29.0 Å². The van der Waals surface area contributed by atoms with Gasteiger partial charge in [-0.2, -0.15) is 0 Å². The van der Waals surface area contributed by atoms with Crippen LogP contribution in [0.3, 0.4) is 0 Å². The average molecular weight is 395 g/mol.